The summed E-state index contributed by atoms with van der Waals surface area (Å²) in [6, 6.07) is 12.5. The van der Waals surface area contributed by atoms with E-state index in [2.05, 4.69) is 5.32 Å². The monoisotopic (exact) mass is 359 g/mol. The molecule has 0 bridgehead atoms. The number of nitrogens with one attached hydrogen (secondary N) is 1. The third-order valence-electron chi connectivity index (χ3n) is 3.92. The van der Waals surface area contributed by atoms with Crippen LogP contribution in [0.5, 0.6) is 5.75 Å². The summed E-state index contributed by atoms with van der Waals surface area (Å²) in [5.74, 6) is -0.372. The lowest BCUT2D eigenvalue weighted by atomic mass is 10.1. The van der Waals surface area contributed by atoms with E-state index in [9.17, 15) is 9.59 Å². The van der Waals surface area contributed by atoms with Crippen LogP contribution in [0.3, 0.4) is 0 Å². The Kier molecular flexibility index (Phi) is 5.56. The normalized spacial score (nSPS) is 12.4. The Labute approximate surface area is 150 Å². The van der Waals surface area contributed by atoms with Crippen LogP contribution in [0.1, 0.15) is 17.5 Å². The van der Waals surface area contributed by atoms with Gasteiger partial charge in [-0.1, -0.05) is 17.7 Å². The van der Waals surface area contributed by atoms with Gasteiger partial charge in [-0.2, -0.15) is 0 Å². The highest BCUT2D eigenvalue weighted by Gasteiger charge is 2.13. The maximum atomic E-state index is 11.7. The summed E-state index contributed by atoms with van der Waals surface area (Å²) in [5, 5.41) is 3.19. The third kappa shape index (κ3) is 4.97. The first-order chi connectivity index (χ1) is 12.1. The van der Waals surface area contributed by atoms with E-state index in [1.165, 1.54) is 11.1 Å². The zero-order valence-corrected chi connectivity index (χ0v) is 14.3. The Morgan fingerprint density at radius 1 is 1.00 bits per heavy atom. The van der Waals surface area contributed by atoms with Crippen LogP contribution in [0.15, 0.2) is 42.5 Å². The molecule has 0 radical (unpaired) electrons. The van der Waals surface area contributed by atoms with E-state index in [1.807, 2.05) is 18.2 Å². The highest BCUT2D eigenvalue weighted by atomic mass is 35.5. The number of halogens is 1. The van der Waals surface area contributed by atoms with Gasteiger partial charge in [-0.3, -0.25) is 4.79 Å². The van der Waals surface area contributed by atoms with Gasteiger partial charge >= 0.3 is 5.97 Å². The van der Waals surface area contributed by atoms with Gasteiger partial charge < -0.3 is 14.8 Å². The van der Waals surface area contributed by atoms with Crippen molar-refractivity contribution in [2.75, 3.05) is 18.5 Å². The lowest BCUT2D eigenvalue weighted by Gasteiger charge is -2.09. The van der Waals surface area contributed by atoms with Crippen LogP contribution < -0.4 is 10.1 Å². The van der Waals surface area contributed by atoms with Crippen LogP contribution in [0.4, 0.5) is 5.69 Å². The number of aryl methyl sites for hydroxylation is 2. The van der Waals surface area contributed by atoms with Crippen LogP contribution >= 0.6 is 11.6 Å². The zero-order valence-electron chi connectivity index (χ0n) is 13.6. The Bertz CT molecular complexity index is 773. The van der Waals surface area contributed by atoms with E-state index in [1.54, 1.807) is 24.3 Å². The number of carbonyl (C=O) groups is 2. The molecule has 0 aromatic heterocycles. The summed E-state index contributed by atoms with van der Waals surface area (Å²) in [4.78, 5) is 23.4. The Balaban J connectivity index is 1.40. The summed E-state index contributed by atoms with van der Waals surface area (Å²) in [6.07, 6.45) is 3.30. The van der Waals surface area contributed by atoms with Crippen molar-refractivity contribution in [3.63, 3.8) is 0 Å². The van der Waals surface area contributed by atoms with Crippen molar-refractivity contribution in [3.05, 3.63) is 58.6 Å². The topological polar surface area (TPSA) is 64.6 Å². The van der Waals surface area contributed by atoms with Crippen molar-refractivity contribution < 1.29 is 19.1 Å². The van der Waals surface area contributed by atoms with E-state index >= 15 is 0 Å². The minimum atomic E-state index is -0.591. The number of benzene rings is 2. The fourth-order valence-electron chi connectivity index (χ4n) is 2.70. The van der Waals surface area contributed by atoms with Crippen molar-refractivity contribution in [3.8, 4) is 5.75 Å². The number of rotatable bonds is 6. The highest BCUT2D eigenvalue weighted by Crippen LogP contribution is 2.25. The van der Waals surface area contributed by atoms with Crippen molar-refractivity contribution in [1.29, 1.82) is 0 Å². The predicted molar refractivity (Wildman–Crippen MR) is 95.0 cm³/mol. The molecular weight excluding hydrogens is 342 g/mol. The average Bonchev–Trinajstić information content (AvgIpc) is 3.08. The molecule has 0 aliphatic heterocycles. The average molecular weight is 360 g/mol. The molecule has 6 heteroatoms. The van der Waals surface area contributed by atoms with Crippen LogP contribution in [0.2, 0.25) is 5.02 Å². The Hall–Kier alpha value is -2.53. The maximum absolute atomic E-state index is 11.7. The third-order valence-corrected chi connectivity index (χ3v) is 4.17. The molecular formula is C19H18ClNO4. The predicted octanol–water partition coefficient (Wildman–Crippen LogP) is 3.39. The van der Waals surface area contributed by atoms with Gasteiger partial charge in [0, 0.05) is 10.7 Å². The quantitative estimate of drug-likeness (QED) is 0.803. The molecule has 1 aliphatic carbocycles. The van der Waals surface area contributed by atoms with E-state index in [0.29, 0.717) is 16.5 Å². The lowest BCUT2D eigenvalue weighted by Crippen LogP contribution is -2.23. The molecule has 1 N–H and O–H groups in total. The number of esters is 1. The Morgan fingerprint density at radius 3 is 2.56 bits per heavy atom. The number of carbonyl (C=O) groups excluding carboxylic acids is 2. The molecule has 5 nitrogen and oxygen atoms in total. The van der Waals surface area contributed by atoms with Gasteiger partial charge in [0.1, 0.15) is 5.75 Å². The lowest BCUT2D eigenvalue weighted by molar-refractivity contribution is -0.149. The van der Waals surface area contributed by atoms with Gasteiger partial charge in [-0.05, 0) is 66.8 Å². The SMILES string of the molecule is O=C(COC(=O)COc1ccc2c(c1)CCC2)Nc1ccc(Cl)cc1. The largest absolute Gasteiger partial charge is 0.482 e. The second-order valence-electron chi connectivity index (χ2n) is 5.79. The van der Waals surface area contributed by atoms with Gasteiger partial charge in [-0.15, -0.1) is 0 Å². The molecule has 2 aromatic rings. The van der Waals surface area contributed by atoms with Crippen molar-refractivity contribution in [2.45, 2.75) is 19.3 Å². The number of hydrogen-bond acceptors (Lipinski definition) is 4. The molecule has 0 heterocycles. The van der Waals surface area contributed by atoms with Crippen molar-refractivity contribution in [2.24, 2.45) is 0 Å². The summed E-state index contributed by atoms with van der Waals surface area (Å²) < 4.78 is 10.3. The minimum Gasteiger partial charge on any atom is -0.482 e. The molecule has 0 unspecified atom stereocenters. The number of hydrogen-bond donors (Lipinski definition) is 1. The van der Waals surface area contributed by atoms with E-state index < -0.39 is 11.9 Å². The second kappa shape index (κ2) is 8.03. The van der Waals surface area contributed by atoms with Crippen molar-refractivity contribution in [1.82, 2.24) is 0 Å². The highest BCUT2D eigenvalue weighted by molar-refractivity contribution is 6.30. The van der Waals surface area contributed by atoms with Gasteiger partial charge in [-0.25, -0.2) is 4.79 Å². The minimum absolute atomic E-state index is 0.229. The maximum Gasteiger partial charge on any atom is 0.344 e. The fraction of sp³-hybridized carbons (Fsp3) is 0.263. The zero-order chi connectivity index (χ0) is 17.6. The molecule has 0 fully saturated rings. The summed E-state index contributed by atoms with van der Waals surface area (Å²) in [7, 11) is 0. The molecule has 0 saturated carbocycles. The van der Waals surface area contributed by atoms with Crippen LogP contribution in [0, 0.1) is 0 Å². The molecule has 2 aromatic carbocycles. The molecule has 3 rings (SSSR count). The van der Waals surface area contributed by atoms with Gasteiger partial charge in [0.25, 0.3) is 5.91 Å². The molecule has 0 saturated heterocycles. The first-order valence-electron chi connectivity index (χ1n) is 8.06. The fourth-order valence-corrected chi connectivity index (χ4v) is 2.82. The molecule has 1 aliphatic rings. The van der Waals surface area contributed by atoms with E-state index in [4.69, 9.17) is 21.1 Å². The van der Waals surface area contributed by atoms with Gasteiger partial charge in [0.05, 0.1) is 0 Å². The molecule has 0 spiro atoms. The number of fused-ring (bicyclic) bond motifs is 1. The van der Waals surface area contributed by atoms with Crippen LogP contribution in [-0.4, -0.2) is 25.1 Å². The van der Waals surface area contributed by atoms with Crippen molar-refractivity contribution >= 4 is 29.2 Å². The molecule has 25 heavy (non-hydrogen) atoms. The molecule has 130 valence electrons. The standard InChI is InChI=1S/C19H18ClNO4/c20-15-5-7-16(8-6-15)21-18(22)11-25-19(23)12-24-17-9-4-13-2-1-3-14(13)10-17/h4-10H,1-3,11-12H2,(H,21,22). The molecule has 1 amide bonds. The molecule has 0 atom stereocenters. The van der Waals surface area contributed by atoms with Crippen LogP contribution in [-0.2, 0) is 27.2 Å². The summed E-state index contributed by atoms with van der Waals surface area (Å²) in [5.41, 5.74) is 3.20. The van der Waals surface area contributed by atoms with Gasteiger partial charge in [0.15, 0.2) is 13.2 Å². The van der Waals surface area contributed by atoms with E-state index in [-0.39, 0.29) is 13.2 Å². The van der Waals surface area contributed by atoms with E-state index in [0.717, 1.165) is 19.3 Å². The second-order valence-corrected chi connectivity index (χ2v) is 6.22. The smallest absolute Gasteiger partial charge is 0.344 e. The number of amides is 1. The van der Waals surface area contributed by atoms with Gasteiger partial charge in [0.2, 0.25) is 0 Å². The Morgan fingerprint density at radius 2 is 1.76 bits per heavy atom. The summed E-state index contributed by atoms with van der Waals surface area (Å²) in [6.45, 7) is -0.595. The number of anilines is 1. The van der Waals surface area contributed by atoms with Crippen LogP contribution in [0.25, 0.3) is 0 Å². The number of ether oxygens (including phenoxy) is 2. The summed E-state index contributed by atoms with van der Waals surface area (Å²) >= 11 is 5.77. The first kappa shape index (κ1) is 17.3. The first-order valence-corrected chi connectivity index (χ1v) is 8.43.